The highest BCUT2D eigenvalue weighted by atomic mass is 15.3. The van der Waals surface area contributed by atoms with E-state index in [1.165, 1.54) is 16.9 Å². The van der Waals surface area contributed by atoms with E-state index in [1.807, 2.05) is 24.3 Å². The summed E-state index contributed by atoms with van der Waals surface area (Å²) in [6.07, 6.45) is 1.89. The SMILES string of the molecule is Cc1c(Cc2ccccc2)c(N2CCCNCC2)n2c(nc3ccccc32)c1C#N. The molecule has 3 heterocycles. The fraction of sp³-hybridized carbons (Fsp3) is 0.280. The molecule has 0 radical (unpaired) electrons. The first-order valence-corrected chi connectivity index (χ1v) is 10.6. The largest absolute Gasteiger partial charge is 0.356 e. The Morgan fingerprint density at radius 1 is 1.03 bits per heavy atom. The molecule has 1 N–H and O–H groups in total. The van der Waals surface area contributed by atoms with Crippen LogP contribution in [0.4, 0.5) is 5.82 Å². The summed E-state index contributed by atoms with van der Waals surface area (Å²) in [5.41, 5.74) is 6.94. The zero-order chi connectivity index (χ0) is 20.5. The molecule has 1 aliphatic heterocycles. The van der Waals surface area contributed by atoms with Crippen molar-refractivity contribution in [2.75, 3.05) is 31.1 Å². The topological polar surface area (TPSA) is 56.4 Å². The van der Waals surface area contributed by atoms with Gasteiger partial charge in [-0.05, 0) is 43.1 Å². The summed E-state index contributed by atoms with van der Waals surface area (Å²) in [4.78, 5) is 7.35. The van der Waals surface area contributed by atoms with Crippen LogP contribution in [0.1, 0.15) is 28.7 Å². The normalized spacial score (nSPS) is 14.7. The van der Waals surface area contributed by atoms with Crippen molar-refractivity contribution >= 4 is 22.5 Å². The zero-order valence-corrected chi connectivity index (χ0v) is 17.2. The smallest absolute Gasteiger partial charge is 0.157 e. The Bertz CT molecular complexity index is 1240. The highest BCUT2D eigenvalue weighted by Gasteiger charge is 2.24. The van der Waals surface area contributed by atoms with Crippen LogP contribution in [-0.4, -0.2) is 35.6 Å². The molecular weight excluding hydrogens is 370 g/mol. The van der Waals surface area contributed by atoms with Gasteiger partial charge in [-0.3, -0.25) is 4.40 Å². The second-order valence-electron chi connectivity index (χ2n) is 7.93. The molecule has 4 aromatic rings. The summed E-state index contributed by atoms with van der Waals surface area (Å²) < 4.78 is 2.23. The molecule has 30 heavy (non-hydrogen) atoms. The van der Waals surface area contributed by atoms with Crippen molar-refractivity contribution in [2.24, 2.45) is 0 Å². The first kappa shape index (κ1) is 18.7. The van der Waals surface area contributed by atoms with Crippen LogP contribution < -0.4 is 10.2 Å². The molecule has 5 rings (SSSR count). The highest BCUT2D eigenvalue weighted by molar-refractivity contribution is 5.86. The second kappa shape index (κ2) is 7.81. The van der Waals surface area contributed by atoms with Gasteiger partial charge < -0.3 is 10.2 Å². The minimum Gasteiger partial charge on any atom is -0.356 e. The fourth-order valence-electron chi connectivity index (χ4n) is 4.56. The van der Waals surface area contributed by atoms with Crippen molar-refractivity contribution in [1.29, 1.82) is 5.26 Å². The van der Waals surface area contributed by atoms with Crippen LogP contribution in [0.15, 0.2) is 54.6 Å². The van der Waals surface area contributed by atoms with Crippen LogP contribution in [0.25, 0.3) is 16.7 Å². The van der Waals surface area contributed by atoms with Gasteiger partial charge in [0.05, 0.1) is 16.6 Å². The predicted molar refractivity (Wildman–Crippen MR) is 121 cm³/mol. The molecule has 1 aliphatic rings. The first-order valence-electron chi connectivity index (χ1n) is 10.6. The van der Waals surface area contributed by atoms with E-state index >= 15 is 0 Å². The molecule has 2 aromatic heterocycles. The number of rotatable bonds is 3. The van der Waals surface area contributed by atoms with Gasteiger partial charge in [0.1, 0.15) is 11.9 Å². The van der Waals surface area contributed by atoms with Crippen molar-refractivity contribution < 1.29 is 0 Å². The van der Waals surface area contributed by atoms with Crippen LogP contribution in [0.2, 0.25) is 0 Å². The predicted octanol–water partition coefficient (Wildman–Crippen LogP) is 4.06. The minimum absolute atomic E-state index is 0.675. The van der Waals surface area contributed by atoms with Crippen LogP contribution in [0.5, 0.6) is 0 Å². The van der Waals surface area contributed by atoms with Crippen molar-refractivity contribution in [2.45, 2.75) is 19.8 Å². The molecule has 0 aliphatic carbocycles. The Morgan fingerprint density at radius 2 is 1.83 bits per heavy atom. The fourth-order valence-corrected chi connectivity index (χ4v) is 4.56. The molecule has 150 valence electrons. The third-order valence-corrected chi connectivity index (χ3v) is 6.07. The van der Waals surface area contributed by atoms with Gasteiger partial charge in [0, 0.05) is 31.6 Å². The van der Waals surface area contributed by atoms with Gasteiger partial charge in [-0.25, -0.2) is 4.98 Å². The molecule has 0 unspecified atom stereocenters. The highest BCUT2D eigenvalue weighted by Crippen LogP contribution is 2.34. The van der Waals surface area contributed by atoms with Crippen molar-refractivity contribution in [1.82, 2.24) is 14.7 Å². The number of benzene rings is 2. The van der Waals surface area contributed by atoms with Crippen LogP contribution in [-0.2, 0) is 6.42 Å². The van der Waals surface area contributed by atoms with Gasteiger partial charge in [0.25, 0.3) is 0 Å². The Balaban J connectivity index is 1.85. The third kappa shape index (κ3) is 3.10. The summed E-state index contributed by atoms with van der Waals surface area (Å²) in [6.45, 7) is 6.00. The Hall–Kier alpha value is -3.36. The monoisotopic (exact) mass is 395 g/mol. The lowest BCUT2D eigenvalue weighted by atomic mass is 9.97. The van der Waals surface area contributed by atoms with Gasteiger partial charge >= 0.3 is 0 Å². The average Bonchev–Trinajstić information content (AvgIpc) is 2.95. The van der Waals surface area contributed by atoms with Crippen LogP contribution in [0, 0.1) is 18.3 Å². The van der Waals surface area contributed by atoms with E-state index in [9.17, 15) is 5.26 Å². The maximum atomic E-state index is 10.1. The molecule has 0 amide bonds. The van der Waals surface area contributed by atoms with E-state index in [2.05, 4.69) is 57.9 Å². The Kier molecular flexibility index (Phi) is 4.86. The van der Waals surface area contributed by atoms with Gasteiger partial charge in [-0.15, -0.1) is 0 Å². The summed E-state index contributed by atoms with van der Waals surface area (Å²) in [7, 11) is 0. The van der Waals surface area contributed by atoms with Crippen molar-refractivity contribution in [3.63, 3.8) is 0 Å². The Labute approximate surface area is 176 Å². The van der Waals surface area contributed by atoms with E-state index in [1.54, 1.807) is 0 Å². The van der Waals surface area contributed by atoms with Gasteiger partial charge in [0.2, 0.25) is 0 Å². The Morgan fingerprint density at radius 3 is 2.67 bits per heavy atom. The van der Waals surface area contributed by atoms with Crippen LogP contribution in [0.3, 0.4) is 0 Å². The lowest BCUT2D eigenvalue weighted by Gasteiger charge is -2.28. The van der Waals surface area contributed by atoms with E-state index in [4.69, 9.17) is 4.98 Å². The molecule has 1 fully saturated rings. The molecule has 5 nitrogen and oxygen atoms in total. The number of imidazole rings is 1. The van der Waals surface area contributed by atoms with Gasteiger partial charge in [0.15, 0.2) is 5.65 Å². The molecule has 5 heteroatoms. The number of hydrogen-bond donors (Lipinski definition) is 1. The zero-order valence-electron chi connectivity index (χ0n) is 17.2. The summed E-state index contributed by atoms with van der Waals surface area (Å²) in [6, 6.07) is 21.2. The third-order valence-electron chi connectivity index (χ3n) is 6.07. The molecule has 0 atom stereocenters. The number of para-hydroxylation sites is 2. The minimum atomic E-state index is 0.675. The number of nitrogens with zero attached hydrogens (tertiary/aromatic N) is 4. The molecule has 0 spiro atoms. The standard InChI is InChI=1S/C25H25N5/c1-18-20(16-19-8-3-2-4-9-19)25(29-14-7-12-27-13-15-29)30-23-11-6-5-10-22(23)28-24(30)21(18)17-26/h2-6,8-11,27H,7,12-16H2,1H3. The van der Waals surface area contributed by atoms with Crippen LogP contribution >= 0.6 is 0 Å². The van der Waals surface area contributed by atoms with Gasteiger partial charge in [-0.2, -0.15) is 5.26 Å². The molecule has 1 saturated heterocycles. The van der Waals surface area contributed by atoms with Crippen molar-refractivity contribution in [3.8, 4) is 6.07 Å². The lowest BCUT2D eigenvalue weighted by molar-refractivity contribution is 0.724. The number of nitriles is 1. The van der Waals surface area contributed by atoms with E-state index in [0.717, 1.165) is 61.3 Å². The van der Waals surface area contributed by atoms with E-state index in [-0.39, 0.29) is 0 Å². The number of aromatic nitrogens is 2. The van der Waals surface area contributed by atoms with Crippen molar-refractivity contribution in [3.05, 3.63) is 76.9 Å². The average molecular weight is 396 g/mol. The lowest BCUT2D eigenvalue weighted by Crippen LogP contribution is -2.31. The first-order chi connectivity index (χ1) is 14.8. The van der Waals surface area contributed by atoms with E-state index in [0.29, 0.717) is 5.56 Å². The van der Waals surface area contributed by atoms with E-state index < -0.39 is 0 Å². The number of hydrogen-bond acceptors (Lipinski definition) is 4. The quantitative estimate of drug-likeness (QED) is 0.568. The number of anilines is 1. The number of fused-ring (bicyclic) bond motifs is 3. The molecule has 0 saturated carbocycles. The number of pyridine rings is 1. The van der Waals surface area contributed by atoms with Gasteiger partial charge in [-0.1, -0.05) is 42.5 Å². The molecular formula is C25H25N5. The molecule has 2 aromatic carbocycles. The molecule has 0 bridgehead atoms. The maximum absolute atomic E-state index is 10.1. The number of nitrogens with one attached hydrogen (secondary N) is 1. The maximum Gasteiger partial charge on any atom is 0.157 e. The summed E-state index contributed by atoms with van der Waals surface area (Å²) in [5.74, 6) is 1.18. The second-order valence-corrected chi connectivity index (χ2v) is 7.93. The summed E-state index contributed by atoms with van der Waals surface area (Å²) >= 11 is 0. The summed E-state index contributed by atoms with van der Waals surface area (Å²) in [5, 5.41) is 13.6.